The van der Waals surface area contributed by atoms with Crippen molar-refractivity contribution < 1.29 is 28.3 Å². The van der Waals surface area contributed by atoms with Crippen LogP contribution in [-0.4, -0.2) is 52.0 Å². The topological polar surface area (TPSA) is 138 Å². The predicted octanol–water partition coefficient (Wildman–Crippen LogP) is 5.04. The Kier molecular flexibility index (Phi) is 9.59. The van der Waals surface area contributed by atoms with E-state index < -0.39 is 11.9 Å². The van der Waals surface area contributed by atoms with Crippen LogP contribution in [0.25, 0.3) is 5.69 Å². The molecule has 2 amide bonds. The number of thioether (sulfide) groups is 1. The van der Waals surface area contributed by atoms with Crippen molar-refractivity contribution in [1.29, 1.82) is 0 Å². The monoisotopic (exact) mass is 609 g/mol. The van der Waals surface area contributed by atoms with Crippen LogP contribution in [0.4, 0.5) is 5.00 Å². The standard InChI is InChI=1S/C29H31N5O6S2/c1-3-39-28(37)25-18-10-5-4-6-14-22(18)42-27(25)31-24(35)17-41-29-33-32-23(16-30-26(36)21-13-9-15-40-21)34(29)19-11-7-8-12-20(19)38-2/h7-9,11-13,15H,3-6,10,14,16-17H2,1-2H3,(H,30,36)(H,31,35). The summed E-state index contributed by atoms with van der Waals surface area (Å²) in [5.41, 5.74) is 2.13. The molecule has 1 aliphatic carbocycles. The van der Waals surface area contributed by atoms with Crippen molar-refractivity contribution in [2.75, 3.05) is 24.8 Å². The number of amides is 2. The number of carbonyl (C=O) groups is 3. The van der Waals surface area contributed by atoms with Gasteiger partial charge in [0, 0.05) is 4.88 Å². The third-order valence-electron chi connectivity index (χ3n) is 6.66. The lowest BCUT2D eigenvalue weighted by atomic mass is 10.1. The Morgan fingerprint density at radius 3 is 2.71 bits per heavy atom. The zero-order valence-corrected chi connectivity index (χ0v) is 24.9. The first-order valence-electron chi connectivity index (χ1n) is 13.6. The van der Waals surface area contributed by atoms with E-state index in [-0.39, 0.29) is 30.6 Å². The minimum atomic E-state index is -0.406. The second-order valence-corrected chi connectivity index (χ2v) is 11.4. The number of nitrogens with zero attached hydrogens (tertiary/aromatic N) is 3. The maximum Gasteiger partial charge on any atom is 0.341 e. The number of aryl methyl sites for hydroxylation is 1. The highest BCUT2D eigenvalue weighted by molar-refractivity contribution is 7.99. The summed E-state index contributed by atoms with van der Waals surface area (Å²) in [5.74, 6) is 0.112. The highest BCUT2D eigenvalue weighted by Crippen LogP contribution is 2.38. The molecule has 0 radical (unpaired) electrons. The fraction of sp³-hybridized carbons (Fsp3) is 0.345. The molecule has 0 fully saturated rings. The number of hydrogen-bond acceptors (Lipinski definition) is 10. The van der Waals surface area contributed by atoms with Gasteiger partial charge in [0.2, 0.25) is 5.91 Å². The van der Waals surface area contributed by atoms with Crippen molar-refractivity contribution in [1.82, 2.24) is 20.1 Å². The molecule has 11 nitrogen and oxygen atoms in total. The van der Waals surface area contributed by atoms with Gasteiger partial charge >= 0.3 is 5.97 Å². The van der Waals surface area contributed by atoms with Crippen molar-refractivity contribution in [2.45, 2.75) is 50.7 Å². The van der Waals surface area contributed by atoms with Crippen molar-refractivity contribution in [2.24, 2.45) is 0 Å². The number of furan rings is 1. The average Bonchev–Trinajstić information content (AvgIpc) is 3.71. The van der Waals surface area contributed by atoms with Crippen LogP contribution in [0, 0.1) is 0 Å². The summed E-state index contributed by atoms with van der Waals surface area (Å²) in [6.07, 6.45) is 6.28. The molecule has 220 valence electrons. The van der Waals surface area contributed by atoms with Gasteiger partial charge < -0.3 is 24.5 Å². The molecule has 0 atom stereocenters. The number of anilines is 1. The molecule has 1 aromatic carbocycles. The minimum Gasteiger partial charge on any atom is -0.495 e. The van der Waals surface area contributed by atoms with Crippen molar-refractivity contribution >= 4 is 45.9 Å². The van der Waals surface area contributed by atoms with Gasteiger partial charge in [0.05, 0.1) is 43.5 Å². The van der Waals surface area contributed by atoms with E-state index in [4.69, 9.17) is 13.9 Å². The SMILES string of the molecule is CCOC(=O)c1c(NC(=O)CSc2nnc(CNC(=O)c3ccco3)n2-c2ccccc2OC)sc2c1CCCCC2. The van der Waals surface area contributed by atoms with Crippen LogP contribution in [0.5, 0.6) is 5.75 Å². The van der Waals surface area contributed by atoms with Gasteiger partial charge in [-0.1, -0.05) is 30.3 Å². The molecule has 0 saturated carbocycles. The fourth-order valence-corrected chi connectivity index (χ4v) is 6.82. The number of thiophene rings is 1. The lowest BCUT2D eigenvalue weighted by molar-refractivity contribution is -0.113. The molecule has 0 saturated heterocycles. The van der Waals surface area contributed by atoms with E-state index in [0.717, 1.165) is 42.5 Å². The Bertz CT molecular complexity index is 1560. The van der Waals surface area contributed by atoms with Gasteiger partial charge in [0.25, 0.3) is 5.91 Å². The quantitative estimate of drug-likeness (QED) is 0.136. The lowest BCUT2D eigenvalue weighted by Gasteiger charge is -2.14. The zero-order chi connectivity index (χ0) is 29.5. The van der Waals surface area contributed by atoms with Crippen LogP contribution in [0.1, 0.15) is 63.4 Å². The number of fused-ring (bicyclic) bond motifs is 1. The third-order valence-corrected chi connectivity index (χ3v) is 8.80. The number of rotatable bonds is 11. The summed E-state index contributed by atoms with van der Waals surface area (Å²) in [7, 11) is 1.56. The molecule has 13 heteroatoms. The fourth-order valence-electron chi connectivity index (χ4n) is 4.76. The van der Waals surface area contributed by atoms with E-state index in [9.17, 15) is 14.4 Å². The number of carbonyl (C=O) groups excluding carboxylic acids is 3. The van der Waals surface area contributed by atoms with E-state index in [2.05, 4.69) is 20.8 Å². The summed E-state index contributed by atoms with van der Waals surface area (Å²) in [6.45, 7) is 2.09. The highest BCUT2D eigenvalue weighted by Gasteiger charge is 2.27. The number of nitrogens with one attached hydrogen (secondary N) is 2. The van der Waals surface area contributed by atoms with E-state index >= 15 is 0 Å². The Balaban J connectivity index is 1.36. The molecule has 4 aromatic rings. The summed E-state index contributed by atoms with van der Waals surface area (Å²) in [4.78, 5) is 39.7. The second kappa shape index (κ2) is 13.7. The van der Waals surface area contributed by atoms with Gasteiger partial charge in [0.15, 0.2) is 16.7 Å². The second-order valence-electron chi connectivity index (χ2n) is 9.39. The summed E-state index contributed by atoms with van der Waals surface area (Å²) in [6, 6.07) is 10.5. The smallest absolute Gasteiger partial charge is 0.341 e. The largest absolute Gasteiger partial charge is 0.495 e. The van der Waals surface area contributed by atoms with Gasteiger partial charge in [0.1, 0.15) is 10.8 Å². The molecule has 3 aromatic heterocycles. The molecule has 2 N–H and O–H groups in total. The zero-order valence-electron chi connectivity index (χ0n) is 23.3. The maximum absolute atomic E-state index is 13.2. The van der Waals surface area contributed by atoms with E-state index in [1.165, 1.54) is 29.4 Å². The first-order valence-corrected chi connectivity index (χ1v) is 15.4. The number of para-hydroxylation sites is 2. The molecular formula is C29H31N5O6S2. The normalized spacial score (nSPS) is 12.7. The molecule has 1 aliphatic rings. The van der Waals surface area contributed by atoms with Gasteiger partial charge in [-0.15, -0.1) is 21.5 Å². The Morgan fingerprint density at radius 2 is 1.93 bits per heavy atom. The number of hydrogen-bond donors (Lipinski definition) is 2. The third kappa shape index (κ3) is 6.52. The molecule has 0 bridgehead atoms. The van der Waals surface area contributed by atoms with Crippen molar-refractivity contribution in [3.05, 3.63) is 70.3 Å². The maximum atomic E-state index is 13.2. The van der Waals surface area contributed by atoms with Crippen LogP contribution in [-0.2, 0) is 28.9 Å². The van der Waals surface area contributed by atoms with Crippen LogP contribution in [0.15, 0.2) is 52.2 Å². The minimum absolute atomic E-state index is 0.0108. The number of methoxy groups -OCH3 is 1. The lowest BCUT2D eigenvalue weighted by Crippen LogP contribution is -2.24. The molecule has 42 heavy (non-hydrogen) atoms. The molecule has 5 rings (SSSR count). The molecule has 0 spiro atoms. The van der Waals surface area contributed by atoms with E-state index in [1.54, 1.807) is 36.8 Å². The van der Waals surface area contributed by atoms with Gasteiger partial charge in [-0.05, 0) is 62.4 Å². The molecule has 0 unspecified atom stereocenters. The molecular weight excluding hydrogens is 578 g/mol. The predicted molar refractivity (Wildman–Crippen MR) is 159 cm³/mol. The van der Waals surface area contributed by atoms with Gasteiger partial charge in [-0.3, -0.25) is 14.2 Å². The number of ether oxygens (including phenoxy) is 2. The summed E-state index contributed by atoms with van der Waals surface area (Å²) < 4.78 is 17.8. The summed E-state index contributed by atoms with van der Waals surface area (Å²) >= 11 is 2.64. The molecule has 3 heterocycles. The van der Waals surface area contributed by atoms with Crippen LogP contribution in [0.3, 0.4) is 0 Å². The van der Waals surface area contributed by atoms with E-state index in [0.29, 0.717) is 33.0 Å². The average molecular weight is 610 g/mol. The number of benzene rings is 1. The highest BCUT2D eigenvalue weighted by atomic mass is 32.2. The van der Waals surface area contributed by atoms with Gasteiger partial charge in [-0.25, -0.2) is 4.79 Å². The first-order chi connectivity index (χ1) is 20.5. The van der Waals surface area contributed by atoms with Crippen molar-refractivity contribution in [3.8, 4) is 11.4 Å². The van der Waals surface area contributed by atoms with Gasteiger partial charge in [-0.2, -0.15) is 0 Å². The van der Waals surface area contributed by atoms with E-state index in [1.807, 2.05) is 18.2 Å². The Hall–Kier alpha value is -4.10. The summed E-state index contributed by atoms with van der Waals surface area (Å²) in [5, 5.41) is 15.3. The Labute approximate surface area is 251 Å². The van der Waals surface area contributed by atoms with Crippen LogP contribution >= 0.6 is 23.1 Å². The first kappa shape index (κ1) is 29.4. The number of esters is 1. The van der Waals surface area contributed by atoms with Crippen LogP contribution in [0.2, 0.25) is 0 Å². The van der Waals surface area contributed by atoms with Crippen molar-refractivity contribution in [3.63, 3.8) is 0 Å². The van der Waals surface area contributed by atoms with Crippen LogP contribution < -0.4 is 15.4 Å². The molecule has 0 aliphatic heterocycles. The number of aromatic nitrogens is 3. The Morgan fingerprint density at radius 1 is 1.10 bits per heavy atom.